The first-order chi connectivity index (χ1) is 21.1. The summed E-state index contributed by atoms with van der Waals surface area (Å²) in [6, 6.07) is 8.06. The van der Waals surface area contributed by atoms with Crippen LogP contribution in [0.3, 0.4) is 0 Å². The molecule has 1 aromatic carbocycles. The Kier molecular flexibility index (Phi) is 7.61. The summed E-state index contributed by atoms with van der Waals surface area (Å²) in [4.78, 5) is 26.8. The Bertz CT molecular complexity index is 1890. The van der Waals surface area contributed by atoms with Crippen LogP contribution in [0.15, 0.2) is 47.5 Å². The van der Waals surface area contributed by atoms with E-state index in [2.05, 4.69) is 20.3 Å². The van der Waals surface area contributed by atoms with Crippen molar-refractivity contribution in [3.05, 3.63) is 65.4 Å². The normalized spacial score (nSPS) is 17.2. The highest BCUT2D eigenvalue weighted by molar-refractivity contribution is 7.92. The molecule has 2 aliphatic rings. The molecule has 11 nitrogen and oxygen atoms in total. The summed E-state index contributed by atoms with van der Waals surface area (Å²) in [5.41, 5.74) is -2.35. The van der Waals surface area contributed by atoms with Crippen LogP contribution in [-0.2, 0) is 16.4 Å². The molecular weight excluding hydrogens is 610 g/mol. The second-order valence-electron chi connectivity index (χ2n) is 9.80. The number of carbonyl (C=O) groups excluding carboxylic acids is 1. The Morgan fingerprint density at radius 3 is 2.75 bits per heavy atom. The monoisotopic (exact) mass is 633 g/mol. The van der Waals surface area contributed by atoms with Crippen LogP contribution < -0.4 is 24.4 Å². The lowest BCUT2D eigenvalue weighted by atomic mass is 10.2. The van der Waals surface area contributed by atoms with Gasteiger partial charge in [0.05, 0.1) is 38.0 Å². The van der Waals surface area contributed by atoms with Crippen molar-refractivity contribution in [3.63, 3.8) is 0 Å². The van der Waals surface area contributed by atoms with E-state index in [0.29, 0.717) is 22.4 Å². The average Bonchev–Trinajstić information content (AvgIpc) is 3.13. The van der Waals surface area contributed by atoms with E-state index in [4.69, 9.17) is 14.2 Å². The summed E-state index contributed by atoms with van der Waals surface area (Å²) in [6.07, 6.45) is -1.83. The van der Waals surface area contributed by atoms with Gasteiger partial charge in [-0.05, 0) is 30.3 Å². The molecule has 6 rings (SSSR count). The largest absolute Gasteiger partial charge is 0.494 e. The van der Waals surface area contributed by atoms with Crippen molar-refractivity contribution in [3.8, 4) is 17.2 Å². The molecule has 4 aromatic rings. The number of amides is 1. The van der Waals surface area contributed by atoms with Gasteiger partial charge in [-0.3, -0.25) is 9.78 Å². The number of anilines is 2. The third-order valence-corrected chi connectivity index (χ3v) is 8.87. The molecule has 1 N–H and O–H groups in total. The molecule has 16 heteroatoms. The molecule has 230 valence electrons. The third kappa shape index (κ3) is 5.29. The van der Waals surface area contributed by atoms with Crippen LogP contribution in [0.4, 0.5) is 29.2 Å². The van der Waals surface area contributed by atoms with Crippen LogP contribution in [0.25, 0.3) is 10.9 Å². The molecule has 0 unspecified atom stereocenters. The lowest BCUT2D eigenvalue weighted by Gasteiger charge is -2.30. The number of aromatic nitrogens is 3. The molecule has 0 fully saturated rings. The van der Waals surface area contributed by atoms with Gasteiger partial charge in [-0.1, -0.05) is 0 Å². The second-order valence-corrected chi connectivity index (χ2v) is 11.8. The number of alkyl halides is 3. The maximum Gasteiger partial charge on any atom is 0.284 e. The highest BCUT2D eigenvalue weighted by Gasteiger charge is 2.36. The average molecular weight is 634 g/mol. The molecule has 0 spiro atoms. The van der Waals surface area contributed by atoms with Gasteiger partial charge in [0, 0.05) is 29.6 Å². The van der Waals surface area contributed by atoms with Crippen molar-refractivity contribution in [2.75, 3.05) is 31.8 Å². The number of carbonyl (C=O) groups is 1. The van der Waals surface area contributed by atoms with Crippen LogP contribution in [-0.4, -0.2) is 61.6 Å². The number of hydrogen-bond acceptors (Lipinski definition) is 10. The molecule has 0 saturated carbocycles. The molecule has 0 saturated heterocycles. The molecule has 5 heterocycles. The topological polar surface area (TPSA) is 133 Å². The van der Waals surface area contributed by atoms with Crippen LogP contribution in [0.2, 0.25) is 0 Å². The van der Waals surface area contributed by atoms with Gasteiger partial charge in [0.15, 0.2) is 28.8 Å². The highest BCUT2D eigenvalue weighted by Crippen LogP contribution is 2.41. The van der Waals surface area contributed by atoms with E-state index in [1.165, 1.54) is 19.4 Å². The Morgan fingerprint density at radius 2 is 1.98 bits per heavy atom. The van der Waals surface area contributed by atoms with E-state index >= 15 is 0 Å². The molecular formula is C28H23F4N5O6S. The highest BCUT2D eigenvalue weighted by atomic mass is 32.2. The lowest BCUT2D eigenvalue weighted by molar-refractivity contribution is 0.0949. The summed E-state index contributed by atoms with van der Waals surface area (Å²) in [5.74, 6) is -1.84. The van der Waals surface area contributed by atoms with E-state index in [9.17, 15) is 30.8 Å². The summed E-state index contributed by atoms with van der Waals surface area (Å²) in [5, 5.41) is 3.19. The number of hydrogen-bond donors (Lipinski definition) is 1. The van der Waals surface area contributed by atoms with Gasteiger partial charge >= 0.3 is 0 Å². The SMILES string of the molecule is COc1cc2c(nc1C(F)F)N(c1ccc3cnc(CNC(=O)c4cc(F)c5c(c4)S(=O)(=O)[C@@H](F)CCO5)cc3n1)CCO2. The third-order valence-electron chi connectivity index (χ3n) is 7.04. The van der Waals surface area contributed by atoms with E-state index in [1.807, 2.05) is 0 Å². The fourth-order valence-corrected chi connectivity index (χ4v) is 6.23. The number of fused-ring (bicyclic) bond motifs is 3. The van der Waals surface area contributed by atoms with E-state index in [-0.39, 0.29) is 49.2 Å². The Labute approximate surface area is 247 Å². The molecule has 1 atom stereocenters. The number of pyridine rings is 3. The van der Waals surface area contributed by atoms with E-state index < -0.39 is 56.3 Å². The first kappa shape index (κ1) is 29.3. The molecule has 0 radical (unpaired) electrons. The van der Waals surface area contributed by atoms with Gasteiger partial charge in [-0.2, -0.15) is 0 Å². The predicted octanol–water partition coefficient (Wildman–Crippen LogP) is 4.42. The van der Waals surface area contributed by atoms with Crippen molar-refractivity contribution in [2.45, 2.75) is 29.8 Å². The first-order valence-corrected chi connectivity index (χ1v) is 14.8. The number of sulfone groups is 1. The van der Waals surface area contributed by atoms with Crippen LogP contribution in [0, 0.1) is 5.82 Å². The zero-order valence-electron chi connectivity index (χ0n) is 22.9. The minimum Gasteiger partial charge on any atom is -0.494 e. The lowest BCUT2D eigenvalue weighted by Crippen LogP contribution is -2.30. The molecule has 44 heavy (non-hydrogen) atoms. The van der Waals surface area contributed by atoms with Gasteiger partial charge in [-0.15, -0.1) is 0 Å². The van der Waals surface area contributed by atoms with E-state index in [0.717, 1.165) is 12.1 Å². The summed E-state index contributed by atoms with van der Waals surface area (Å²) in [6.45, 7) is 0.0395. The summed E-state index contributed by atoms with van der Waals surface area (Å²) in [7, 11) is -3.30. The molecule has 2 aliphatic heterocycles. The predicted molar refractivity (Wildman–Crippen MR) is 148 cm³/mol. The molecule has 0 aliphatic carbocycles. The fraction of sp³-hybridized carbons (Fsp3) is 0.286. The standard InChI is InChI=1S/C28H23F4N5O6S/c1-41-19-11-20-27(36-24(19)26(31)32)37(5-7-42-20)23-3-2-14-12-33-16(10-18(14)35-23)13-34-28(38)15-8-17(29)25-21(9-15)44(39,40)22(30)4-6-43-25/h2-3,8-12,22,26H,4-7,13H2,1H3,(H,34,38)/t22-/m1/s1. The quantitative estimate of drug-likeness (QED) is 0.304. The number of ether oxygens (including phenoxy) is 3. The van der Waals surface area contributed by atoms with Gasteiger partial charge in [0.2, 0.25) is 15.3 Å². The van der Waals surface area contributed by atoms with Gasteiger partial charge in [0.1, 0.15) is 23.1 Å². The number of nitrogens with zero attached hydrogens (tertiary/aromatic N) is 4. The van der Waals surface area contributed by atoms with Crippen LogP contribution >= 0.6 is 0 Å². The van der Waals surface area contributed by atoms with E-state index in [1.54, 1.807) is 23.1 Å². The second kappa shape index (κ2) is 11.4. The summed E-state index contributed by atoms with van der Waals surface area (Å²) >= 11 is 0. The zero-order valence-corrected chi connectivity index (χ0v) is 23.7. The fourth-order valence-electron chi connectivity index (χ4n) is 4.84. The zero-order chi connectivity index (χ0) is 31.2. The first-order valence-electron chi connectivity index (χ1n) is 13.2. The van der Waals surface area contributed by atoms with Gasteiger partial charge in [0.25, 0.3) is 12.3 Å². The van der Waals surface area contributed by atoms with Crippen molar-refractivity contribution in [2.24, 2.45) is 0 Å². The van der Waals surface area contributed by atoms with Crippen molar-refractivity contribution in [1.29, 1.82) is 0 Å². The number of benzene rings is 1. The molecule has 1 amide bonds. The van der Waals surface area contributed by atoms with Gasteiger partial charge < -0.3 is 24.4 Å². The summed E-state index contributed by atoms with van der Waals surface area (Å²) < 4.78 is 97.0. The maximum absolute atomic E-state index is 14.7. The minimum atomic E-state index is -4.56. The maximum atomic E-state index is 14.7. The Balaban J connectivity index is 1.25. The number of halogens is 4. The van der Waals surface area contributed by atoms with Crippen molar-refractivity contribution < 1.29 is 45.0 Å². The molecule has 0 bridgehead atoms. The van der Waals surface area contributed by atoms with Crippen LogP contribution in [0.5, 0.6) is 17.2 Å². The Hall–Kier alpha value is -4.73. The number of methoxy groups -OCH3 is 1. The Morgan fingerprint density at radius 1 is 1.16 bits per heavy atom. The van der Waals surface area contributed by atoms with Crippen LogP contribution in [0.1, 0.15) is 34.6 Å². The molecule has 3 aromatic heterocycles. The van der Waals surface area contributed by atoms with Gasteiger partial charge in [-0.25, -0.2) is 35.9 Å². The smallest absolute Gasteiger partial charge is 0.284 e. The number of nitrogens with one attached hydrogen (secondary N) is 1. The van der Waals surface area contributed by atoms with Crippen molar-refractivity contribution >= 4 is 38.3 Å². The van der Waals surface area contributed by atoms with Crippen molar-refractivity contribution in [1.82, 2.24) is 20.3 Å². The minimum absolute atomic E-state index is 0.0972. The number of rotatable bonds is 6.